The minimum Gasteiger partial charge on any atom is -0.346 e. The van der Waals surface area contributed by atoms with Gasteiger partial charge in [-0.3, -0.25) is 0 Å². The van der Waals surface area contributed by atoms with E-state index in [1.165, 1.54) is 30.4 Å². The largest absolute Gasteiger partial charge is 0.346 e. The standard InChI is InChI=1S/C14H21N5/c1-10-16-17-14(18(10)3)9-19-7-11-5-4-6-13(15-2)12(11)8-19/h7-8,13,15H,4-6,9H2,1-3H3. The van der Waals surface area contributed by atoms with Crippen LogP contribution in [0, 0.1) is 6.92 Å². The second kappa shape index (κ2) is 4.81. The van der Waals surface area contributed by atoms with Gasteiger partial charge in [-0.1, -0.05) is 0 Å². The van der Waals surface area contributed by atoms with E-state index in [9.17, 15) is 0 Å². The SMILES string of the molecule is CNC1CCCc2cn(Cc3nnc(C)n3C)cc21. The Labute approximate surface area is 113 Å². The maximum Gasteiger partial charge on any atom is 0.152 e. The van der Waals surface area contributed by atoms with Crippen LogP contribution < -0.4 is 5.32 Å². The predicted molar refractivity (Wildman–Crippen MR) is 74.0 cm³/mol. The molecule has 1 aliphatic carbocycles. The highest BCUT2D eigenvalue weighted by molar-refractivity contribution is 5.30. The van der Waals surface area contributed by atoms with Crippen molar-refractivity contribution in [2.75, 3.05) is 7.05 Å². The molecule has 2 aromatic heterocycles. The Morgan fingerprint density at radius 1 is 1.37 bits per heavy atom. The van der Waals surface area contributed by atoms with Gasteiger partial charge in [0, 0.05) is 25.5 Å². The van der Waals surface area contributed by atoms with E-state index in [2.05, 4.69) is 37.0 Å². The molecule has 1 unspecified atom stereocenters. The molecule has 0 fully saturated rings. The first-order chi connectivity index (χ1) is 9.19. The van der Waals surface area contributed by atoms with E-state index in [1.807, 2.05) is 21.0 Å². The van der Waals surface area contributed by atoms with Crippen LogP contribution in [0.1, 0.15) is 41.7 Å². The number of hydrogen-bond acceptors (Lipinski definition) is 3. The molecule has 0 aliphatic heterocycles. The maximum absolute atomic E-state index is 4.23. The van der Waals surface area contributed by atoms with Crippen LogP contribution in [0.2, 0.25) is 0 Å². The van der Waals surface area contributed by atoms with Gasteiger partial charge in [0.25, 0.3) is 0 Å². The molecular weight excluding hydrogens is 238 g/mol. The molecule has 1 aliphatic rings. The summed E-state index contributed by atoms with van der Waals surface area (Å²) in [7, 11) is 4.06. The molecule has 5 nitrogen and oxygen atoms in total. The van der Waals surface area contributed by atoms with Crippen molar-refractivity contribution in [1.82, 2.24) is 24.6 Å². The molecule has 0 radical (unpaired) electrons. The Balaban J connectivity index is 1.87. The quantitative estimate of drug-likeness (QED) is 0.910. The summed E-state index contributed by atoms with van der Waals surface area (Å²) >= 11 is 0. The summed E-state index contributed by atoms with van der Waals surface area (Å²) < 4.78 is 4.29. The molecule has 0 spiro atoms. The Hall–Kier alpha value is -1.62. The highest BCUT2D eigenvalue weighted by Gasteiger charge is 2.20. The molecule has 0 amide bonds. The first-order valence-electron chi connectivity index (χ1n) is 6.89. The van der Waals surface area contributed by atoms with Crippen LogP contribution in [0.4, 0.5) is 0 Å². The summed E-state index contributed by atoms with van der Waals surface area (Å²) in [5.41, 5.74) is 2.93. The topological polar surface area (TPSA) is 47.7 Å². The van der Waals surface area contributed by atoms with E-state index < -0.39 is 0 Å². The minimum atomic E-state index is 0.506. The first kappa shape index (κ1) is 12.4. The fourth-order valence-corrected chi connectivity index (χ4v) is 2.89. The molecule has 19 heavy (non-hydrogen) atoms. The second-order valence-corrected chi connectivity index (χ2v) is 5.37. The highest BCUT2D eigenvalue weighted by Crippen LogP contribution is 2.30. The molecule has 1 atom stereocenters. The maximum atomic E-state index is 4.23. The molecule has 3 rings (SSSR count). The second-order valence-electron chi connectivity index (χ2n) is 5.37. The average Bonchev–Trinajstić information content (AvgIpc) is 2.96. The molecule has 0 saturated carbocycles. The van der Waals surface area contributed by atoms with Gasteiger partial charge in [0.2, 0.25) is 0 Å². The molecule has 0 aromatic carbocycles. The van der Waals surface area contributed by atoms with Gasteiger partial charge in [0.15, 0.2) is 5.82 Å². The van der Waals surface area contributed by atoms with Gasteiger partial charge in [-0.2, -0.15) is 0 Å². The number of fused-ring (bicyclic) bond motifs is 1. The zero-order chi connectivity index (χ0) is 13.4. The molecule has 2 heterocycles. The highest BCUT2D eigenvalue weighted by atomic mass is 15.3. The van der Waals surface area contributed by atoms with Gasteiger partial charge in [-0.15, -0.1) is 10.2 Å². The monoisotopic (exact) mass is 259 g/mol. The summed E-state index contributed by atoms with van der Waals surface area (Å²) in [6.07, 6.45) is 8.23. The summed E-state index contributed by atoms with van der Waals surface area (Å²) in [4.78, 5) is 0. The predicted octanol–water partition coefficient (Wildman–Crippen LogP) is 1.57. The molecule has 102 valence electrons. The Bertz CT molecular complexity index is 581. The van der Waals surface area contributed by atoms with Gasteiger partial charge in [0.05, 0.1) is 6.54 Å². The summed E-state index contributed by atoms with van der Waals surface area (Å²) in [5.74, 6) is 1.96. The summed E-state index contributed by atoms with van der Waals surface area (Å²) in [5, 5.41) is 11.8. The Morgan fingerprint density at radius 3 is 2.89 bits per heavy atom. The normalized spacial score (nSPS) is 18.6. The first-order valence-corrected chi connectivity index (χ1v) is 6.89. The summed E-state index contributed by atoms with van der Waals surface area (Å²) in [6, 6.07) is 0.506. The van der Waals surface area contributed by atoms with E-state index in [4.69, 9.17) is 0 Å². The van der Waals surface area contributed by atoms with Crippen LogP contribution in [-0.2, 0) is 20.0 Å². The Kier molecular flexibility index (Phi) is 3.14. The van der Waals surface area contributed by atoms with Crippen molar-refractivity contribution >= 4 is 0 Å². The van der Waals surface area contributed by atoms with Crippen molar-refractivity contribution in [3.05, 3.63) is 35.2 Å². The lowest BCUT2D eigenvalue weighted by molar-refractivity contribution is 0.498. The lowest BCUT2D eigenvalue weighted by atomic mass is 9.91. The molecular formula is C14H21N5. The van der Waals surface area contributed by atoms with E-state index in [0.717, 1.165) is 18.2 Å². The number of aromatic nitrogens is 4. The van der Waals surface area contributed by atoms with Gasteiger partial charge < -0.3 is 14.5 Å². The fraction of sp³-hybridized carbons (Fsp3) is 0.571. The minimum absolute atomic E-state index is 0.506. The van der Waals surface area contributed by atoms with E-state index in [0.29, 0.717) is 6.04 Å². The van der Waals surface area contributed by atoms with Crippen molar-refractivity contribution in [3.8, 4) is 0 Å². The van der Waals surface area contributed by atoms with Crippen molar-refractivity contribution in [1.29, 1.82) is 0 Å². The van der Waals surface area contributed by atoms with Gasteiger partial charge in [-0.05, 0) is 44.4 Å². The number of aryl methyl sites for hydroxylation is 2. The van der Waals surface area contributed by atoms with Crippen LogP contribution in [0.15, 0.2) is 12.4 Å². The average molecular weight is 259 g/mol. The van der Waals surface area contributed by atoms with E-state index in [1.54, 1.807) is 0 Å². The van der Waals surface area contributed by atoms with Crippen molar-refractivity contribution in [2.24, 2.45) is 7.05 Å². The van der Waals surface area contributed by atoms with Gasteiger partial charge in [-0.25, -0.2) is 0 Å². The van der Waals surface area contributed by atoms with E-state index in [-0.39, 0.29) is 0 Å². The third-order valence-electron chi connectivity index (χ3n) is 4.17. The smallest absolute Gasteiger partial charge is 0.152 e. The molecule has 0 saturated heterocycles. The fourth-order valence-electron chi connectivity index (χ4n) is 2.89. The third-order valence-corrected chi connectivity index (χ3v) is 4.17. The number of nitrogens with one attached hydrogen (secondary N) is 1. The molecule has 1 N–H and O–H groups in total. The Morgan fingerprint density at radius 2 is 2.21 bits per heavy atom. The zero-order valence-electron chi connectivity index (χ0n) is 11.8. The zero-order valence-corrected chi connectivity index (χ0v) is 11.8. The molecule has 0 bridgehead atoms. The lowest BCUT2D eigenvalue weighted by Crippen LogP contribution is -2.20. The van der Waals surface area contributed by atoms with Crippen LogP contribution >= 0.6 is 0 Å². The van der Waals surface area contributed by atoms with Crippen LogP contribution in [0.25, 0.3) is 0 Å². The number of hydrogen-bond donors (Lipinski definition) is 1. The van der Waals surface area contributed by atoms with Crippen molar-refractivity contribution in [3.63, 3.8) is 0 Å². The van der Waals surface area contributed by atoms with Crippen LogP contribution in [-0.4, -0.2) is 26.4 Å². The number of nitrogens with zero attached hydrogens (tertiary/aromatic N) is 4. The molecule has 2 aromatic rings. The van der Waals surface area contributed by atoms with Gasteiger partial charge >= 0.3 is 0 Å². The van der Waals surface area contributed by atoms with E-state index >= 15 is 0 Å². The van der Waals surface area contributed by atoms with Crippen molar-refractivity contribution < 1.29 is 0 Å². The van der Waals surface area contributed by atoms with Crippen molar-refractivity contribution in [2.45, 2.75) is 38.8 Å². The number of rotatable bonds is 3. The summed E-state index contributed by atoms with van der Waals surface area (Å²) in [6.45, 7) is 2.77. The van der Waals surface area contributed by atoms with Crippen LogP contribution in [0.5, 0.6) is 0 Å². The van der Waals surface area contributed by atoms with Crippen LogP contribution in [0.3, 0.4) is 0 Å². The van der Waals surface area contributed by atoms with Gasteiger partial charge in [0.1, 0.15) is 5.82 Å². The third kappa shape index (κ3) is 2.18. The molecule has 5 heteroatoms. The lowest BCUT2D eigenvalue weighted by Gasteiger charge is -2.21.